The first-order valence-electron chi connectivity index (χ1n) is 6.58. The van der Waals surface area contributed by atoms with Gasteiger partial charge in [-0.05, 0) is 25.7 Å². The van der Waals surface area contributed by atoms with Gasteiger partial charge < -0.3 is 0 Å². The van der Waals surface area contributed by atoms with Crippen LogP contribution in [0.3, 0.4) is 0 Å². The van der Waals surface area contributed by atoms with Crippen LogP contribution >= 0.6 is 0 Å². The Morgan fingerprint density at radius 2 is 1.73 bits per heavy atom. The summed E-state index contributed by atoms with van der Waals surface area (Å²) in [6.07, 6.45) is 16.0. The van der Waals surface area contributed by atoms with Gasteiger partial charge >= 0.3 is 0 Å². The highest BCUT2D eigenvalue weighted by Crippen LogP contribution is 2.20. The van der Waals surface area contributed by atoms with E-state index in [2.05, 4.69) is 26.8 Å². The van der Waals surface area contributed by atoms with E-state index >= 15 is 0 Å². The predicted octanol–water partition coefficient (Wildman–Crippen LogP) is 5.36. The molecule has 0 saturated carbocycles. The van der Waals surface area contributed by atoms with Crippen molar-refractivity contribution in [3.05, 3.63) is 26.0 Å². The molecular weight excluding hydrogens is 180 g/mol. The molecule has 0 spiro atoms. The van der Waals surface area contributed by atoms with Crippen molar-refractivity contribution in [2.24, 2.45) is 5.92 Å². The fourth-order valence-corrected chi connectivity index (χ4v) is 1.98. The molecule has 1 unspecified atom stereocenters. The molecule has 88 valence electrons. The molecule has 0 bridgehead atoms. The highest BCUT2D eigenvalue weighted by molar-refractivity contribution is 4.83. The zero-order valence-corrected chi connectivity index (χ0v) is 10.5. The monoisotopic (exact) mass is 208 g/mol. The van der Waals surface area contributed by atoms with Crippen LogP contribution in [0, 0.1) is 19.8 Å². The SMILES string of the molecule is [CH2]/C=C/CCCCC(CC)CCCC[CH2]. The molecule has 0 aliphatic carbocycles. The average Bonchev–Trinajstić information content (AvgIpc) is 2.26. The van der Waals surface area contributed by atoms with E-state index in [0.29, 0.717) is 0 Å². The van der Waals surface area contributed by atoms with Crippen molar-refractivity contribution in [3.63, 3.8) is 0 Å². The fourth-order valence-electron chi connectivity index (χ4n) is 1.98. The Balaban J connectivity index is 3.35. The van der Waals surface area contributed by atoms with Gasteiger partial charge in [-0.25, -0.2) is 0 Å². The summed E-state index contributed by atoms with van der Waals surface area (Å²) in [5, 5.41) is 0. The number of unbranched alkanes of at least 4 members (excludes halogenated alkanes) is 4. The van der Waals surface area contributed by atoms with Crippen LogP contribution in [-0.2, 0) is 0 Å². The summed E-state index contributed by atoms with van der Waals surface area (Å²) in [5.74, 6) is 0.959. The maximum atomic E-state index is 3.89. The lowest BCUT2D eigenvalue weighted by atomic mass is 9.93. The third kappa shape index (κ3) is 10.0. The largest absolute Gasteiger partial charge is 0.0885 e. The van der Waals surface area contributed by atoms with Crippen LogP contribution in [0.15, 0.2) is 12.2 Å². The standard InChI is InChI=1S/C15H28/c1-4-7-9-10-12-14-15(6-3)13-11-8-5-2/h4,7,15H,1-2,5-6,8-14H2,3H3/b7-4+. The third-order valence-electron chi connectivity index (χ3n) is 3.09. The summed E-state index contributed by atoms with van der Waals surface area (Å²) in [6, 6.07) is 0. The summed E-state index contributed by atoms with van der Waals surface area (Å²) in [6.45, 7) is 9.91. The first-order valence-corrected chi connectivity index (χ1v) is 6.58. The number of hydrogen-bond donors (Lipinski definition) is 0. The molecular formula is C15H28. The van der Waals surface area contributed by atoms with Crippen LogP contribution in [0.5, 0.6) is 0 Å². The first kappa shape index (κ1) is 14.7. The molecule has 0 heteroatoms. The molecule has 2 radical (unpaired) electrons. The van der Waals surface area contributed by atoms with Crippen molar-refractivity contribution in [3.8, 4) is 0 Å². The summed E-state index contributed by atoms with van der Waals surface area (Å²) in [7, 11) is 0. The topological polar surface area (TPSA) is 0 Å². The molecule has 0 nitrogen and oxygen atoms in total. The smallest absolute Gasteiger partial charge is 0.0316 e. The van der Waals surface area contributed by atoms with E-state index in [0.717, 1.165) is 12.3 Å². The number of allylic oxidation sites excluding steroid dienone is 2. The maximum Gasteiger partial charge on any atom is -0.0316 e. The summed E-state index contributed by atoms with van der Waals surface area (Å²) < 4.78 is 0. The van der Waals surface area contributed by atoms with Crippen molar-refractivity contribution in [1.29, 1.82) is 0 Å². The van der Waals surface area contributed by atoms with E-state index in [1.165, 1.54) is 51.4 Å². The van der Waals surface area contributed by atoms with Gasteiger partial charge in [0, 0.05) is 0 Å². The van der Waals surface area contributed by atoms with Gasteiger partial charge in [-0.1, -0.05) is 70.9 Å². The van der Waals surface area contributed by atoms with Crippen LogP contribution < -0.4 is 0 Å². The lowest BCUT2D eigenvalue weighted by molar-refractivity contribution is 0.402. The summed E-state index contributed by atoms with van der Waals surface area (Å²) >= 11 is 0. The van der Waals surface area contributed by atoms with Crippen LogP contribution in [0.1, 0.15) is 64.7 Å². The van der Waals surface area contributed by atoms with Gasteiger partial charge in [-0.15, -0.1) is 0 Å². The Labute approximate surface area is 97.2 Å². The molecule has 0 aromatic heterocycles. The normalized spacial score (nSPS) is 13.5. The van der Waals surface area contributed by atoms with Crippen molar-refractivity contribution < 1.29 is 0 Å². The minimum absolute atomic E-state index is 0.959. The van der Waals surface area contributed by atoms with Crippen molar-refractivity contribution in [2.75, 3.05) is 0 Å². The zero-order valence-electron chi connectivity index (χ0n) is 10.5. The van der Waals surface area contributed by atoms with Gasteiger partial charge in [-0.3, -0.25) is 0 Å². The molecule has 0 amide bonds. The Kier molecular flexibility index (Phi) is 11.6. The van der Waals surface area contributed by atoms with Gasteiger partial charge in [-0.2, -0.15) is 0 Å². The number of rotatable bonds is 10. The quantitative estimate of drug-likeness (QED) is 0.424. The first-order chi connectivity index (χ1) is 7.35. The highest BCUT2D eigenvalue weighted by Gasteiger charge is 2.04. The molecule has 15 heavy (non-hydrogen) atoms. The molecule has 0 saturated heterocycles. The zero-order chi connectivity index (χ0) is 11.4. The second-order valence-corrected chi connectivity index (χ2v) is 4.38. The lowest BCUT2D eigenvalue weighted by Gasteiger charge is -2.13. The Bertz CT molecular complexity index is 135. The Hall–Kier alpha value is -0.260. The fraction of sp³-hybridized carbons (Fsp3) is 0.733. The number of hydrogen-bond acceptors (Lipinski definition) is 0. The van der Waals surface area contributed by atoms with E-state index in [9.17, 15) is 0 Å². The molecule has 0 aromatic rings. The third-order valence-corrected chi connectivity index (χ3v) is 3.09. The second kappa shape index (κ2) is 11.8. The molecule has 0 fully saturated rings. The average molecular weight is 208 g/mol. The van der Waals surface area contributed by atoms with Crippen molar-refractivity contribution >= 4 is 0 Å². The molecule has 1 atom stereocenters. The Morgan fingerprint density at radius 1 is 1.07 bits per heavy atom. The molecule has 0 aromatic carbocycles. The maximum absolute atomic E-state index is 3.89. The molecule has 0 heterocycles. The van der Waals surface area contributed by atoms with Gasteiger partial charge in [0.1, 0.15) is 0 Å². The molecule has 0 N–H and O–H groups in total. The highest BCUT2D eigenvalue weighted by atomic mass is 14.1. The summed E-state index contributed by atoms with van der Waals surface area (Å²) in [5.41, 5.74) is 0. The lowest BCUT2D eigenvalue weighted by Crippen LogP contribution is -1.98. The van der Waals surface area contributed by atoms with E-state index in [-0.39, 0.29) is 0 Å². The van der Waals surface area contributed by atoms with Gasteiger partial charge in [0.25, 0.3) is 0 Å². The minimum atomic E-state index is 0.959. The summed E-state index contributed by atoms with van der Waals surface area (Å²) in [4.78, 5) is 0. The molecule has 0 aliphatic heterocycles. The van der Waals surface area contributed by atoms with Crippen LogP contribution in [0.25, 0.3) is 0 Å². The van der Waals surface area contributed by atoms with E-state index in [4.69, 9.17) is 0 Å². The van der Waals surface area contributed by atoms with Crippen LogP contribution in [-0.4, -0.2) is 0 Å². The van der Waals surface area contributed by atoms with Gasteiger partial charge in [0.15, 0.2) is 0 Å². The van der Waals surface area contributed by atoms with Crippen LogP contribution in [0.2, 0.25) is 0 Å². The predicted molar refractivity (Wildman–Crippen MR) is 70.6 cm³/mol. The van der Waals surface area contributed by atoms with Crippen LogP contribution in [0.4, 0.5) is 0 Å². The van der Waals surface area contributed by atoms with Crippen molar-refractivity contribution in [1.82, 2.24) is 0 Å². The van der Waals surface area contributed by atoms with E-state index in [1.807, 2.05) is 6.08 Å². The molecule has 0 rings (SSSR count). The van der Waals surface area contributed by atoms with E-state index < -0.39 is 0 Å². The van der Waals surface area contributed by atoms with Crippen molar-refractivity contribution in [2.45, 2.75) is 64.7 Å². The molecule has 0 aliphatic rings. The van der Waals surface area contributed by atoms with Gasteiger partial charge in [0.05, 0.1) is 0 Å². The van der Waals surface area contributed by atoms with E-state index in [1.54, 1.807) is 0 Å². The Morgan fingerprint density at radius 3 is 2.27 bits per heavy atom. The second-order valence-electron chi connectivity index (χ2n) is 4.38. The minimum Gasteiger partial charge on any atom is -0.0885 e. The van der Waals surface area contributed by atoms with Gasteiger partial charge in [0.2, 0.25) is 0 Å².